The Morgan fingerprint density at radius 2 is 2.19 bits per heavy atom. The van der Waals surface area contributed by atoms with Crippen molar-refractivity contribution in [3.05, 3.63) is 29.7 Å². The van der Waals surface area contributed by atoms with Crippen LogP contribution < -0.4 is 15.8 Å². The Balaban J connectivity index is 1.66. The summed E-state index contributed by atoms with van der Waals surface area (Å²) in [5.74, 6) is 1.52. The van der Waals surface area contributed by atoms with E-state index in [1.165, 1.54) is 6.33 Å². The molecule has 8 heteroatoms. The van der Waals surface area contributed by atoms with Crippen molar-refractivity contribution in [2.45, 2.75) is 38.8 Å². The number of anilines is 1. The van der Waals surface area contributed by atoms with Crippen molar-refractivity contribution >= 4 is 17.4 Å². The molecule has 2 aromatic rings. The first-order chi connectivity index (χ1) is 13.0. The monoisotopic (exact) mass is 391 g/mol. The highest BCUT2D eigenvalue weighted by molar-refractivity contribution is 6.32. The molecule has 1 fully saturated rings. The van der Waals surface area contributed by atoms with E-state index in [9.17, 15) is 0 Å². The second-order valence-electron chi connectivity index (χ2n) is 7.13. The molecule has 0 amide bonds. The SMILES string of the molecule is CC(N)CC(C)COc1ncc(-c2cc(NC3CCOC3)ncn2)cc1Cl. The normalized spacial score (nSPS) is 18.9. The molecule has 3 heterocycles. The van der Waals surface area contributed by atoms with Gasteiger partial charge in [0.2, 0.25) is 5.88 Å². The maximum Gasteiger partial charge on any atom is 0.232 e. The third-order valence-corrected chi connectivity index (χ3v) is 4.60. The van der Waals surface area contributed by atoms with Gasteiger partial charge in [0.1, 0.15) is 17.2 Å². The summed E-state index contributed by atoms with van der Waals surface area (Å²) in [5.41, 5.74) is 7.38. The number of ether oxygens (including phenoxy) is 2. The van der Waals surface area contributed by atoms with Gasteiger partial charge in [0.25, 0.3) is 0 Å². The van der Waals surface area contributed by atoms with Crippen LogP contribution in [0.5, 0.6) is 5.88 Å². The lowest BCUT2D eigenvalue weighted by Gasteiger charge is -2.15. The molecule has 27 heavy (non-hydrogen) atoms. The van der Waals surface area contributed by atoms with Gasteiger partial charge in [0.05, 0.1) is 24.9 Å². The van der Waals surface area contributed by atoms with E-state index in [0.29, 0.717) is 30.0 Å². The van der Waals surface area contributed by atoms with Gasteiger partial charge in [0, 0.05) is 30.5 Å². The van der Waals surface area contributed by atoms with Crippen LogP contribution >= 0.6 is 11.6 Å². The molecular formula is C19H26ClN5O2. The molecule has 0 aliphatic carbocycles. The molecule has 0 radical (unpaired) electrons. The maximum absolute atomic E-state index is 6.36. The zero-order valence-electron chi connectivity index (χ0n) is 15.7. The van der Waals surface area contributed by atoms with Gasteiger partial charge in [-0.25, -0.2) is 15.0 Å². The number of rotatable bonds is 8. The predicted octanol–water partition coefficient (Wildman–Crippen LogP) is 3.15. The highest BCUT2D eigenvalue weighted by Crippen LogP contribution is 2.28. The quantitative estimate of drug-likeness (QED) is 0.713. The van der Waals surface area contributed by atoms with Crippen molar-refractivity contribution in [3.63, 3.8) is 0 Å². The van der Waals surface area contributed by atoms with Gasteiger partial charge in [-0.15, -0.1) is 0 Å². The van der Waals surface area contributed by atoms with E-state index in [0.717, 1.165) is 36.5 Å². The molecule has 2 aromatic heterocycles. The van der Waals surface area contributed by atoms with E-state index in [1.807, 2.05) is 19.1 Å². The Labute approximate surface area is 164 Å². The fraction of sp³-hybridized carbons (Fsp3) is 0.526. The van der Waals surface area contributed by atoms with E-state index < -0.39 is 0 Å². The Kier molecular flexibility index (Phi) is 6.82. The van der Waals surface area contributed by atoms with Crippen LogP contribution in [-0.4, -0.2) is 46.9 Å². The second-order valence-corrected chi connectivity index (χ2v) is 7.54. The number of nitrogens with one attached hydrogen (secondary N) is 1. The highest BCUT2D eigenvalue weighted by Gasteiger charge is 2.16. The third-order valence-electron chi connectivity index (χ3n) is 4.33. The van der Waals surface area contributed by atoms with Gasteiger partial charge in [-0.2, -0.15) is 0 Å². The number of pyridine rings is 1. The smallest absolute Gasteiger partial charge is 0.232 e. The number of hydrogen-bond donors (Lipinski definition) is 2. The fourth-order valence-corrected chi connectivity index (χ4v) is 3.27. The van der Waals surface area contributed by atoms with Crippen molar-refractivity contribution in [1.82, 2.24) is 15.0 Å². The van der Waals surface area contributed by atoms with Gasteiger partial charge < -0.3 is 20.5 Å². The van der Waals surface area contributed by atoms with E-state index in [-0.39, 0.29) is 12.1 Å². The molecule has 1 saturated heterocycles. The van der Waals surface area contributed by atoms with Crippen LogP contribution in [0.3, 0.4) is 0 Å². The Hall–Kier alpha value is -1.96. The summed E-state index contributed by atoms with van der Waals surface area (Å²) in [4.78, 5) is 13.0. The second kappa shape index (κ2) is 9.30. The largest absolute Gasteiger partial charge is 0.476 e. The molecule has 0 saturated carbocycles. The molecule has 1 aliphatic rings. The molecule has 3 rings (SSSR count). The van der Waals surface area contributed by atoms with E-state index in [1.54, 1.807) is 6.20 Å². The lowest BCUT2D eigenvalue weighted by Crippen LogP contribution is -2.21. The van der Waals surface area contributed by atoms with Gasteiger partial charge in [-0.1, -0.05) is 18.5 Å². The van der Waals surface area contributed by atoms with Crippen LogP contribution in [0.4, 0.5) is 5.82 Å². The summed E-state index contributed by atoms with van der Waals surface area (Å²) in [6.07, 6.45) is 5.10. The first-order valence-electron chi connectivity index (χ1n) is 9.22. The van der Waals surface area contributed by atoms with Crippen LogP contribution in [0.1, 0.15) is 26.7 Å². The molecule has 1 aliphatic heterocycles. The average Bonchev–Trinajstić information content (AvgIpc) is 3.13. The number of halogens is 1. The molecule has 3 unspecified atom stereocenters. The van der Waals surface area contributed by atoms with Crippen LogP contribution in [0.25, 0.3) is 11.3 Å². The summed E-state index contributed by atoms with van der Waals surface area (Å²) in [5, 5.41) is 3.82. The molecular weight excluding hydrogens is 366 g/mol. The molecule has 3 atom stereocenters. The van der Waals surface area contributed by atoms with Crippen LogP contribution in [-0.2, 0) is 4.74 Å². The van der Waals surface area contributed by atoms with Gasteiger partial charge >= 0.3 is 0 Å². The van der Waals surface area contributed by atoms with E-state index in [4.69, 9.17) is 26.8 Å². The summed E-state index contributed by atoms with van der Waals surface area (Å²) in [6, 6.07) is 4.12. The Morgan fingerprint density at radius 1 is 1.33 bits per heavy atom. The fourth-order valence-electron chi connectivity index (χ4n) is 3.05. The summed E-state index contributed by atoms with van der Waals surface area (Å²) >= 11 is 6.36. The standard InChI is InChI=1S/C19H26ClN5O2/c1-12(5-13(2)21)9-27-19-16(20)6-14(8-22-19)17-7-18(24-11-23-17)25-15-3-4-26-10-15/h6-8,11-13,15H,3-5,9-10,21H2,1-2H3,(H,23,24,25). The molecule has 0 aromatic carbocycles. The molecule has 0 spiro atoms. The van der Waals surface area contributed by atoms with Crippen LogP contribution in [0.15, 0.2) is 24.7 Å². The highest BCUT2D eigenvalue weighted by atomic mass is 35.5. The first-order valence-corrected chi connectivity index (χ1v) is 9.59. The number of nitrogens with two attached hydrogens (primary N) is 1. The summed E-state index contributed by atoms with van der Waals surface area (Å²) in [6.45, 7) is 6.08. The minimum absolute atomic E-state index is 0.144. The zero-order chi connectivity index (χ0) is 19.2. The molecule has 3 N–H and O–H groups in total. The number of aromatic nitrogens is 3. The van der Waals surface area contributed by atoms with Gasteiger partial charge in [0.15, 0.2) is 0 Å². The maximum atomic E-state index is 6.36. The van der Waals surface area contributed by atoms with Gasteiger partial charge in [-0.3, -0.25) is 0 Å². The minimum atomic E-state index is 0.144. The van der Waals surface area contributed by atoms with Gasteiger partial charge in [-0.05, 0) is 31.7 Å². The summed E-state index contributed by atoms with van der Waals surface area (Å²) in [7, 11) is 0. The molecule has 146 valence electrons. The van der Waals surface area contributed by atoms with E-state index >= 15 is 0 Å². The predicted molar refractivity (Wildman–Crippen MR) is 106 cm³/mol. The number of nitrogens with zero attached hydrogens (tertiary/aromatic N) is 3. The number of hydrogen-bond acceptors (Lipinski definition) is 7. The minimum Gasteiger partial charge on any atom is -0.476 e. The van der Waals surface area contributed by atoms with Crippen molar-refractivity contribution in [1.29, 1.82) is 0 Å². The zero-order valence-corrected chi connectivity index (χ0v) is 16.4. The lowest BCUT2D eigenvalue weighted by molar-refractivity contribution is 0.195. The average molecular weight is 392 g/mol. The van der Waals surface area contributed by atoms with E-state index in [2.05, 4.69) is 27.2 Å². The lowest BCUT2D eigenvalue weighted by atomic mass is 10.1. The van der Waals surface area contributed by atoms with Crippen molar-refractivity contribution in [3.8, 4) is 17.1 Å². The first kappa shape index (κ1) is 19.8. The topological polar surface area (TPSA) is 95.2 Å². The Morgan fingerprint density at radius 3 is 2.89 bits per heavy atom. The van der Waals surface area contributed by atoms with Crippen molar-refractivity contribution < 1.29 is 9.47 Å². The Bertz CT molecular complexity index is 753. The van der Waals surface area contributed by atoms with Crippen molar-refractivity contribution in [2.75, 3.05) is 25.1 Å². The molecule has 0 bridgehead atoms. The van der Waals surface area contributed by atoms with Crippen LogP contribution in [0.2, 0.25) is 5.02 Å². The molecule has 7 nitrogen and oxygen atoms in total. The van der Waals surface area contributed by atoms with Crippen LogP contribution in [0, 0.1) is 5.92 Å². The third kappa shape index (κ3) is 5.76. The summed E-state index contributed by atoms with van der Waals surface area (Å²) < 4.78 is 11.1. The van der Waals surface area contributed by atoms with Crippen molar-refractivity contribution in [2.24, 2.45) is 11.7 Å².